The second-order valence-electron chi connectivity index (χ2n) is 8.34. The topological polar surface area (TPSA) is 237 Å². The summed E-state index contributed by atoms with van der Waals surface area (Å²) in [4.78, 5) is 44.6. The van der Waals surface area contributed by atoms with Crippen molar-refractivity contribution in [3.63, 3.8) is 0 Å². The first-order chi connectivity index (χ1) is 19.5. The van der Waals surface area contributed by atoms with Gasteiger partial charge in [-0.3, -0.25) is 25.7 Å². The number of hydrogen-bond acceptors (Lipinski definition) is 13. The fraction of sp³-hybridized carbons (Fsp3) is 0.292. The summed E-state index contributed by atoms with van der Waals surface area (Å²) < 4.78 is 16.1. The summed E-state index contributed by atoms with van der Waals surface area (Å²) >= 11 is 0. The van der Waals surface area contributed by atoms with Crippen LogP contribution in [0.15, 0.2) is 46.7 Å². The van der Waals surface area contributed by atoms with E-state index in [9.17, 15) is 40.0 Å². The van der Waals surface area contributed by atoms with Crippen LogP contribution in [0.5, 0.6) is 17.2 Å². The van der Waals surface area contributed by atoms with Gasteiger partial charge in [0.05, 0.1) is 41.4 Å². The lowest BCUT2D eigenvalue weighted by molar-refractivity contribution is -0.396. The molecule has 3 rings (SSSR count). The van der Waals surface area contributed by atoms with Crippen molar-refractivity contribution in [2.24, 2.45) is 5.10 Å². The number of carbonyl (C=O) groups excluding carboxylic acids is 2. The fourth-order valence-electron chi connectivity index (χ4n) is 3.80. The Hall–Kier alpha value is -5.45. The van der Waals surface area contributed by atoms with Crippen molar-refractivity contribution >= 4 is 29.6 Å². The number of carbonyl (C=O) groups is 2. The molecule has 5 N–H and O–H groups in total. The van der Waals surface area contributed by atoms with Gasteiger partial charge in [-0.15, -0.1) is 0 Å². The van der Waals surface area contributed by atoms with Crippen LogP contribution in [-0.4, -0.2) is 64.8 Å². The Bertz CT molecular complexity index is 1390. The minimum Gasteiger partial charge on any atom is -0.497 e. The van der Waals surface area contributed by atoms with Crippen molar-refractivity contribution in [1.29, 1.82) is 0 Å². The molecule has 0 unspecified atom stereocenters. The number of aliphatic hydroxyl groups is 1. The van der Waals surface area contributed by atoms with E-state index in [1.165, 1.54) is 13.2 Å². The normalized spacial score (nSPS) is 15.5. The lowest BCUT2D eigenvalue weighted by atomic mass is 9.95. The molecule has 0 spiro atoms. The molecule has 1 heterocycles. The number of methoxy groups -OCH3 is 1. The van der Waals surface area contributed by atoms with Crippen LogP contribution in [0, 0.1) is 20.2 Å². The monoisotopic (exact) mass is 574 g/mol. The number of amides is 2. The molecule has 2 atom stereocenters. The molecule has 0 fully saturated rings. The van der Waals surface area contributed by atoms with Crippen LogP contribution in [0.25, 0.3) is 0 Å². The summed E-state index contributed by atoms with van der Waals surface area (Å²) in [6.07, 6.45) is -0.423. The summed E-state index contributed by atoms with van der Waals surface area (Å²) in [6, 6.07) is 5.07. The van der Waals surface area contributed by atoms with Crippen molar-refractivity contribution in [1.82, 2.24) is 16.1 Å². The number of nitrogens with one attached hydrogen (secondary N) is 3. The largest absolute Gasteiger partial charge is 0.497 e. The first-order valence-electron chi connectivity index (χ1n) is 11.8. The Labute approximate surface area is 231 Å². The summed E-state index contributed by atoms with van der Waals surface area (Å²) in [7, 11) is 1.22. The number of phenolic OH excluding ortho intramolecular Hbond substituents is 1. The van der Waals surface area contributed by atoms with Gasteiger partial charge in [-0.05, 0) is 31.5 Å². The van der Waals surface area contributed by atoms with Crippen LogP contribution in [0.4, 0.5) is 16.2 Å². The molecule has 17 nitrogen and oxygen atoms in total. The molecule has 2 aromatic carbocycles. The zero-order valence-corrected chi connectivity index (χ0v) is 21.9. The number of benzene rings is 2. The number of hydrogen-bond donors (Lipinski definition) is 5. The first-order valence-corrected chi connectivity index (χ1v) is 11.8. The second-order valence-corrected chi connectivity index (χ2v) is 8.34. The Kier molecular flexibility index (Phi) is 9.59. The zero-order chi connectivity index (χ0) is 30.3. The SMILES string of the molecule is CCOc1cc([C@H]2NC(=O)NC(C)=C2C(=O)OC)ccc1OC[C@@H](O)N/N=C/c1cc([N+](=O)[O-])c(O)c([N+](=O)[O-])c1. The van der Waals surface area contributed by atoms with E-state index in [0.717, 1.165) is 18.3 Å². The summed E-state index contributed by atoms with van der Waals surface area (Å²) in [5.74, 6) is -1.26. The van der Waals surface area contributed by atoms with Crippen LogP contribution in [0.1, 0.15) is 31.0 Å². The van der Waals surface area contributed by atoms with Crippen molar-refractivity contribution < 1.29 is 43.9 Å². The maximum atomic E-state index is 12.4. The summed E-state index contributed by atoms with van der Waals surface area (Å²) in [5, 5.41) is 51.0. The number of aromatic hydroxyl groups is 1. The van der Waals surface area contributed by atoms with Gasteiger partial charge in [0.1, 0.15) is 6.61 Å². The van der Waals surface area contributed by atoms with Gasteiger partial charge in [0.25, 0.3) is 5.75 Å². The van der Waals surface area contributed by atoms with Gasteiger partial charge in [-0.2, -0.15) is 5.10 Å². The third kappa shape index (κ3) is 7.15. The van der Waals surface area contributed by atoms with E-state index in [4.69, 9.17) is 14.2 Å². The molecule has 0 saturated heterocycles. The Balaban J connectivity index is 1.73. The van der Waals surface area contributed by atoms with Crippen LogP contribution in [-0.2, 0) is 9.53 Å². The number of allylic oxidation sites excluding steroid dienone is 1. The molecule has 0 saturated carbocycles. The molecular formula is C24H26N6O11. The van der Waals surface area contributed by atoms with Gasteiger partial charge in [0.2, 0.25) is 0 Å². The average molecular weight is 575 g/mol. The van der Waals surface area contributed by atoms with Gasteiger partial charge in [0, 0.05) is 23.4 Å². The second kappa shape index (κ2) is 13.1. The Morgan fingerprint density at radius 2 is 1.83 bits per heavy atom. The lowest BCUT2D eigenvalue weighted by Crippen LogP contribution is -2.45. The number of phenols is 1. The maximum Gasteiger partial charge on any atom is 0.337 e. The molecule has 1 aliphatic rings. The predicted molar refractivity (Wildman–Crippen MR) is 140 cm³/mol. The molecule has 0 aliphatic carbocycles. The number of urea groups is 1. The van der Waals surface area contributed by atoms with Crippen LogP contribution in [0.3, 0.4) is 0 Å². The van der Waals surface area contributed by atoms with Gasteiger partial charge >= 0.3 is 23.4 Å². The van der Waals surface area contributed by atoms with Gasteiger partial charge in [-0.1, -0.05) is 6.07 Å². The molecule has 0 bridgehead atoms. The third-order valence-electron chi connectivity index (χ3n) is 5.59. The van der Waals surface area contributed by atoms with Crippen molar-refractivity contribution in [3.05, 3.63) is 73.0 Å². The molecule has 0 aromatic heterocycles. The van der Waals surface area contributed by atoms with Gasteiger partial charge in [-0.25, -0.2) is 9.59 Å². The van der Waals surface area contributed by atoms with E-state index >= 15 is 0 Å². The number of rotatable bonds is 12. The number of hydrazone groups is 1. The highest BCUT2D eigenvalue weighted by Gasteiger charge is 2.32. The van der Waals surface area contributed by atoms with Gasteiger partial charge in [0.15, 0.2) is 17.7 Å². The van der Waals surface area contributed by atoms with Crippen molar-refractivity contribution in [2.75, 3.05) is 20.3 Å². The molecule has 41 heavy (non-hydrogen) atoms. The minimum atomic E-state index is -1.40. The molecule has 2 amide bonds. The maximum absolute atomic E-state index is 12.4. The van der Waals surface area contributed by atoms with Crippen LogP contribution in [0.2, 0.25) is 0 Å². The smallest absolute Gasteiger partial charge is 0.337 e. The number of nitro groups is 2. The number of nitro benzene ring substituents is 2. The Morgan fingerprint density at radius 1 is 1.17 bits per heavy atom. The van der Waals surface area contributed by atoms with Crippen LogP contribution >= 0.6 is 0 Å². The number of nitrogens with zero attached hydrogens (tertiary/aromatic N) is 3. The molecule has 17 heteroatoms. The number of ether oxygens (including phenoxy) is 3. The lowest BCUT2D eigenvalue weighted by Gasteiger charge is -2.28. The third-order valence-corrected chi connectivity index (χ3v) is 5.59. The quantitative estimate of drug-likeness (QED) is 0.0801. The molecule has 218 valence electrons. The highest BCUT2D eigenvalue weighted by Crippen LogP contribution is 2.37. The first kappa shape index (κ1) is 30.1. The van der Waals surface area contributed by atoms with E-state index in [1.807, 2.05) is 0 Å². The van der Waals surface area contributed by atoms with E-state index < -0.39 is 51.2 Å². The van der Waals surface area contributed by atoms with Crippen molar-refractivity contribution in [3.8, 4) is 17.2 Å². The molecule has 2 aromatic rings. The summed E-state index contributed by atoms with van der Waals surface area (Å²) in [6.45, 7) is 3.19. The van der Waals surface area contributed by atoms with E-state index in [-0.39, 0.29) is 35.8 Å². The average Bonchev–Trinajstić information content (AvgIpc) is 2.92. The predicted octanol–water partition coefficient (Wildman–Crippen LogP) is 1.73. The van der Waals surface area contributed by atoms with E-state index in [2.05, 4.69) is 21.2 Å². The number of aliphatic hydroxyl groups excluding tert-OH is 1. The van der Waals surface area contributed by atoms with Crippen molar-refractivity contribution in [2.45, 2.75) is 26.1 Å². The van der Waals surface area contributed by atoms with Crippen LogP contribution < -0.4 is 25.5 Å². The fourth-order valence-corrected chi connectivity index (χ4v) is 3.80. The molecular weight excluding hydrogens is 548 g/mol. The highest BCUT2D eigenvalue weighted by molar-refractivity contribution is 5.95. The minimum absolute atomic E-state index is 0.0864. The Morgan fingerprint density at radius 3 is 2.41 bits per heavy atom. The highest BCUT2D eigenvalue weighted by atomic mass is 16.6. The zero-order valence-electron chi connectivity index (χ0n) is 21.9. The van der Waals surface area contributed by atoms with E-state index in [1.54, 1.807) is 26.0 Å². The molecule has 1 aliphatic heterocycles. The number of esters is 1. The van der Waals surface area contributed by atoms with E-state index in [0.29, 0.717) is 11.3 Å². The summed E-state index contributed by atoms with van der Waals surface area (Å²) in [5.41, 5.74) is 1.48. The molecule has 0 radical (unpaired) electrons. The standard InChI is InChI=1S/C24H26N6O11/c1-4-40-18-9-14(21-20(23(33)39-3)12(2)26-24(34)27-21)5-6-17(18)41-11-19(31)28-25-10-13-7-15(29(35)36)22(32)16(8-13)30(37)38/h5-10,19,21,28,31-32H,4,11H2,1-3H3,(H2,26,27,34)/b25-10+/t19-,21-/m1/s1. The van der Waals surface area contributed by atoms with Gasteiger partial charge < -0.3 is 35.1 Å².